The number of nitrogens with one attached hydrogen (secondary N) is 3. The Morgan fingerprint density at radius 1 is 0.967 bits per heavy atom. The molecule has 0 saturated heterocycles. The lowest BCUT2D eigenvalue weighted by Gasteiger charge is -2.09. The van der Waals surface area contributed by atoms with E-state index in [2.05, 4.69) is 25.3 Å². The van der Waals surface area contributed by atoms with E-state index < -0.39 is 5.76 Å². The summed E-state index contributed by atoms with van der Waals surface area (Å²) < 4.78 is 4.48. The lowest BCUT2D eigenvalue weighted by atomic mass is 10.0. The van der Waals surface area contributed by atoms with Gasteiger partial charge in [-0.3, -0.25) is 19.1 Å². The van der Waals surface area contributed by atoms with E-state index in [1.54, 1.807) is 24.3 Å². The van der Waals surface area contributed by atoms with Gasteiger partial charge in [0, 0.05) is 11.3 Å². The molecule has 0 saturated carbocycles. The number of nitrogens with zero attached hydrogens (tertiary/aromatic N) is 1. The Morgan fingerprint density at radius 2 is 1.77 bits per heavy atom. The van der Waals surface area contributed by atoms with Crippen LogP contribution < -0.4 is 16.4 Å². The van der Waals surface area contributed by atoms with Gasteiger partial charge in [-0.15, -0.1) is 0 Å². The normalized spacial score (nSPS) is 10.7. The summed E-state index contributed by atoms with van der Waals surface area (Å²) in [5.41, 5.74) is 1.99. The fourth-order valence-electron chi connectivity index (χ4n) is 3.16. The second-order valence-corrected chi connectivity index (χ2v) is 6.66. The fourth-order valence-corrected chi connectivity index (χ4v) is 3.16. The Hall–Kier alpha value is -4.20. The fraction of sp³-hybridized carbons (Fsp3) is 0.0909. The Bertz CT molecular complexity index is 1270. The lowest BCUT2D eigenvalue weighted by Crippen LogP contribution is -2.33. The average molecular weight is 402 g/mol. The number of aromatic amines is 1. The van der Waals surface area contributed by atoms with Crippen LogP contribution in [0.15, 0.2) is 76.0 Å². The lowest BCUT2D eigenvalue weighted by molar-refractivity contribution is -0.123. The highest BCUT2D eigenvalue weighted by Gasteiger charge is 2.10. The van der Waals surface area contributed by atoms with E-state index in [0.29, 0.717) is 11.3 Å². The zero-order chi connectivity index (χ0) is 20.9. The minimum Gasteiger partial charge on any atom is -0.347 e. The van der Waals surface area contributed by atoms with Crippen LogP contribution >= 0.6 is 0 Å². The van der Waals surface area contributed by atoms with Crippen molar-refractivity contribution in [3.8, 4) is 11.4 Å². The predicted octanol–water partition coefficient (Wildman–Crippen LogP) is 2.48. The summed E-state index contributed by atoms with van der Waals surface area (Å²) in [7, 11) is 0. The molecule has 150 valence electrons. The largest absolute Gasteiger partial charge is 0.439 e. The van der Waals surface area contributed by atoms with Gasteiger partial charge in [0.05, 0.1) is 13.0 Å². The van der Waals surface area contributed by atoms with Crippen molar-refractivity contribution in [1.29, 1.82) is 0 Å². The molecule has 30 heavy (non-hydrogen) atoms. The summed E-state index contributed by atoms with van der Waals surface area (Å²) >= 11 is 0. The topological polar surface area (TPSA) is 117 Å². The first-order valence-electron chi connectivity index (χ1n) is 9.28. The van der Waals surface area contributed by atoms with Crippen molar-refractivity contribution in [3.63, 3.8) is 0 Å². The number of hydrogen-bond donors (Lipinski definition) is 3. The smallest absolute Gasteiger partial charge is 0.347 e. The van der Waals surface area contributed by atoms with Crippen LogP contribution in [-0.4, -0.2) is 28.5 Å². The molecular formula is C22H18N4O4. The second-order valence-electron chi connectivity index (χ2n) is 6.66. The maximum Gasteiger partial charge on any atom is 0.439 e. The van der Waals surface area contributed by atoms with Gasteiger partial charge in [-0.1, -0.05) is 59.8 Å². The third-order valence-electron chi connectivity index (χ3n) is 4.54. The minimum atomic E-state index is -0.659. The highest BCUT2D eigenvalue weighted by molar-refractivity contribution is 5.96. The zero-order valence-electron chi connectivity index (χ0n) is 15.8. The van der Waals surface area contributed by atoms with Crippen molar-refractivity contribution in [1.82, 2.24) is 15.5 Å². The van der Waals surface area contributed by atoms with Gasteiger partial charge in [-0.2, -0.15) is 0 Å². The Kier molecular flexibility index (Phi) is 5.38. The van der Waals surface area contributed by atoms with E-state index >= 15 is 0 Å². The zero-order valence-corrected chi connectivity index (χ0v) is 15.8. The molecule has 0 aliphatic carbocycles. The molecule has 4 rings (SSSR count). The molecule has 0 spiro atoms. The third kappa shape index (κ3) is 4.44. The van der Waals surface area contributed by atoms with Gasteiger partial charge in [0.1, 0.15) is 0 Å². The standard InChI is InChI=1S/C22H18N4O4/c27-19(12-15-7-3-6-14-5-1-2-10-18(14)15)23-13-20(28)24-17-9-4-8-16(11-17)21-25-22(29)30-26-21/h1-11H,12-13H2,(H,23,27)(H,24,28)(H,25,26,29). The first-order chi connectivity index (χ1) is 14.6. The molecule has 0 fully saturated rings. The molecule has 1 heterocycles. The SMILES string of the molecule is O=C(Cc1cccc2ccccc12)NCC(=O)Nc1cccc(-c2noc(=O)[nH]2)c1. The highest BCUT2D eigenvalue weighted by Crippen LogP contribution is 2.19. The summed E-state index contributed by atoms with van der Waals surface area (Å²) in [6.45, 7) is -0.158. The molecule has 0 aliphatic rings. The molecule has 0 atom stereocenters. The van der Waals surface area contributed by atoms with Crippen molar-refractivity contribution < 1.29 is 14.1 Å². The Labute approximate surface area is 170 Å². The van der Waals surface area contributed by atoms with Gasteiger partial charge in [-0.05, 0) is 28.5 Å². The summed E-state index contributed by atoms with van der Waals surface area (Å²) in [4.78, 5) is 38.1. The van der Waals surface area contributed by atoms with E-state index in [-0.39, 0.29) is 30.6 Å². The van der Waals surface area contributed by atoms with Crippen LogP contribution in [0.2, 0.25) is 0 Å². The van der Waals surface area contributed by atoms with E-state index in [9.17, 15) is 14.4 Å². The number of rotatable bonds is 6. The van der Waals surface area contributed by atoms with E-state index in [1.807, 2.05) is 42.5 Å². The molecule has 1 aromatic heterocycles. The molecular weight excluding hydrogens is 384 g/mol. The molecule has 0 radical (unpaired) electrons. The number of anilines is 1. The molecule has 0 aliphatic heterocycles. The number of aromatic nitrogens is 2. The maximum atomic E-state index is 12.3. The van der Waals surface area contributed by atoms with E-state index in [4.69, 9.17) is 0 Å². The number of benzene rings is 3. The van der Waals surface area contributed by atoms with Crippen LogP contribution in [0.3, 0.4) is 0 Å². The second kappa shape index (κ2) is 8.44. The van der Waals surface area contributed by atoms with Crippen molar-refractivity contribution in [2.75, 3.05) is 11.9 Å². The summed E-state index contributed by atoms with van der Waals surface area (Å²) in [5, 5.41) is 11.0. The van der Waals surface area contributed by atoms with Crippen molar-refractivity contribution >= 4 is 28.3 Å². The van der Waals surface area contributed by atoms with Gasteiger partial charge < -0.3 is 10.6 Å². The highest BCUT2D eigenvalue weighted by atomic mass is 16.5. The molecule has 3 aromatic carbocycles. The first-order valence-corrected chi connectivity index (χ1v) is 9.28. The Balaban J connectivity index is 1.34. The average Bonchev–Trinajstić information content (AvgIpc) is 3.19. The molecule has 0 bridgehead atoms. The van der Waals surface area contributed by atoms with Crippen LogP contribution in [0, 0.1) is 0 Å². The predicted molar refractivity (Wildman–Crippen MR) is 112 cm³/mol. The number of H-pyrrole nitrogens is 1. The van der Waals surface area contributed by atoms with Gasteiger partial charge in [0.25, 0.3) is 0 Å². The molecule has 0 unspecified atom stereocenters. The number of fused-ring (bicyclic) bond motifs is 1. The van der Waals surface area contributed by atoms with E-state index in [0.717, 1.165) is 16.3 Å². The maximum absolute atomic E-state index is 12.3. The summed E-state index contributed by atoms with van der Waals surface area (Å²) in [6, 6.07) is 20.4. The van der Waals surface area contributed by atoms with E-state index in [1.165, 1.54) is 0 Å². The van der Waals surface area contributed by atoms with Crippen molar-refractivity contribution in [3.05, 3.63) is 82.8 Å². The molecule has 8 nitrogen and oxygen atoms in total. The van der Waals surface area contributed by atoms with Crippen LogP contribution in [0.1, 0.15) is 5.56 Å². The number of carbonyl (C=O) groups excluding carboxylic acids is 2. The van der Waals surface area contributed by atoms with Gasteiger partial charge in [-0.25, -0.2) is 4.79 Å². The van der Waals surface area contributed by atoms with Gasteiger partial charge in [0.2, 0.25) is 11.8 Å². The summed E-state index contributed by atoms with van der Waals surface area (Å²) in [6.07, 6.45) is 0.184. The molecule has 3 N–H and O–H groups in total. The molecule has 4 aromatic rings. The third-order valence-corrected chi connectivity index (χ3v) is 4.54. The number of amides is 2. The Morgan fingerprint density at radius 3 is 2.60 bits per heavy atom. The molecule has 2 amide bonds. The van der Waals surface area contributed by atoms with Crippen molar-refractivity contribution in [2.24, 2.45) is 0 Å². The summed E-state index contributed by atoms with van der Waals surface area (Å²) in [5.74, 6) is -1.00. The molecule has 8 heteroatoms. The quantitative estimate of drug-likeness (QED) is 0.458. The van der Waals surface area contributed by atoms with Crippen LogP contribution in [0.4, 0.5) is 5.69 Å². The number of carbonyl (C=O) groups is 2. The van der Waals surface area contributed by atoms with Gasteiger partial charge in [0.15, 0.2) is 5.82 Å². The van der Waals surface area contributed by atoms with Crippen LogP contribution in [0.5, 0.6) is 0 Å². The van der Waals surface area contributed by atoms with Crippen LogP contribution in [0.25, 0.3) is 22.2 Å². The number of hydrogen-bond acceptors (Lipinski definition) is 5. The van der Waals surface area contributed by atoms with Crippen molar-refractivity contribution in [2.45, 2.75) is 6.42 Å². The van der Waals surface area contributed by atoms with Gasteiger partial charge >= 0.3 is 5.76 Å². The monoisotopic (exact) mass is 402 g/mol. The van der Waals surface area contributed by atoms with Crippen LogP contribution in [-0.2, 0) is 16.0 Å². The minimum absolute atomic E-state index is 0.158. The first kappa shape index (κ1) is 19.1.